The number of aryl methyl sites for hydroxylation is 2. The lowest BCUT2D eigenvalue weighted by Crippen LogP contribution is -2.20. The van der Waals surface area contributed by atoms with Gasteiger partial charge in [0, 0.05) is 4.47 Å². The highest BCUT2D eigenvalue weighted by Crippen LogP contribution is 2.37. The second-order valence-electron chi connectivity index (χ2n) is 7.72. The number of ether oxygens (including phenoxy) is 2. The normalized spacial score (nSPS) is 11.3. The van der Waals surface area contributed by atoms with Gasteiger partial charge in [0.25, 0.3) is 5.56 Å². The lowest BCUT2D eigenvalue weighted by atomic mass is 10.1. The minimum absolute atomic E-state index is 0.255. The van der Waals surface area contributed by atoms with E-state index in [1.54, 1.807) is 37.4 Å². The molecule has 1 aromatic heterocycles. The number of hydrogen-bond acceptors (Lipinski definition) is 5. The van der Waals surface area contributed by atoms with Crippen molar-refractivity contribution in [1.82, 2.24) is 9.66 Å². The summed E-state index contributed by atoms with van der Waals surface area (Å²) in [4.78, 5) is 17.5. The van der Waals surface area contributed by atoms with Gasteiger partial charge in [0.15, 0.2) is 11.5 Å². The molecule has 0 atom stereocenters. The molecule has 0 radical (unpaired) electrons. The number of halogens is 2. The molecule has 0 bridgehead atoms. The summed E-state index contributed by atoms with van der Waals surface area (Å²) in [7, 11) is 0. The third-order valence-electron chi connectivity index (χ3n) is 5.09. The minimum Gasteiger partial charge on any atom is -0.490 e. The second kappa shape index (κ2) is 10.4. The van der Waals surface area contributed by atoms with E-state index in [0.717, 1.165) is 15.6 Å². The Morgan fingerprint density at radius 1 is 1.12 bits per heavy atom. The van der Waals surface area contributed by atoms with Crippen LogP contribution in [0.25, 0.3) is 10.9 Å². The van der Waals surface area contributed by atoms with E-state index in [9.17, 15) is 4.79 Å². The van der Waals surface area contributed by atoms with Crippen LogP contribution < -0.4 is 15.0 Å². The number of nitrogens with zero attached hydrogens (tertiary/aromatic N) is 3. The fraction of sp³-hybridized carbons (Fsp3) is 0.192. The lowest BCUT2D eigenvalue weighted by molar-refractivity contribution is 0.269. The van der Waals surface area contributed by atoms with E-state index in [1.165, 1.54) is 4.68 Å². The molecule has 4 aromatic rings. The van der Waals surface area contributed by atoms with Gasteiger partial charge in [0.2, 0.25) is 0 Å². The molecule has 1 heterocycles. The van der Waals surface area contributed by atoms with E-state index < -0.39 is 0 Å². The molecule has 0 aliphatic heterocycles. The Hall–Kier alpha value is -3.16. The lowest BCUT2D eigenvalue weighted by Gasteiger charge is -2.15. The van der Waals surface area contributed by atoms with Crippen molar-refractivity contribution in [3.8, 4) is 11.5 Å². The number of benzene rings is 3. The first-order valence-electron chi connectivity index (χ1n) is 10.7. The van der Waals surface area contributed by atoms with Crippen molar-refractivity contribution in [2.45, 2.75) is 27.4 Å². The summed E-state index contributed by atoms with van der Waals surface area (Å²) in [6.07, 6.45) is 1.55. The molecule has 0 saturated heterocycles. The van der Waals surface area contributed by atoms with Crippen LogP contribution in [-0.2, 0) is 6.61 Å². The van der Waals surface area contributed by atoms with Crippen LogP contribution in [0, 0.1) is 13.8 Å². The van der Waals surface area contributed by atoms with E-state index in [1.807, 2.05) is 38.1 Å². The highest BCUT2D eigenvalue weighted by atomic mass is 79.9. The monoisotopic (exact) mass is 539 g/mol. The van der Waals surface area contributed by atoms with Gasteiger partial charge < -0.3 is 9.47 Å². The zero-order chi connectivity index (χ0) is 24.2. The van der Waals surface area contributed by atoms with Crippen molar-refractivity contribution in [3.05, 3.63) is 97.0 Å². The number of hydrogen-bond donors (Lipinski definition) is 0. The average molecular weight is 541 g/mol. The molecule has 0 unspecified atom stereocenters. The van der Waals surface area contributed by atoms with Gasteiger partial charge in [0.1, 0.15) is 12.4 Å². The zero-order valence-corrected chi connectivity index (χ0v) is 21.4. The van der Waals surface area contributed by atoms with Crippen molar-refractivity contribution in [3.63, 3.8) is 0 Å². The van der Waals surface area contributed by atoms with Crippen molar-refractivity contribution >= 4 is 44.6 Å². The standard InChI is InChI=1S/C26H23BrClN3O3/c1-4-33-24-12-19(11-22(28)25(24)34-15-18-7-5-6-16(2)10-18)14-29-31-17(3)30-23-9-8-20(27)13-21(23)26(31)32/h5-14H,4,15H2,1-3H3. The summed E-state index contributed by atoms with van der Waals surface area (Å²) >= 11 is 9.95. The molecular weight excluding hydrogens is 518 g/mol. The van der Waals surface area contributed by atoms with Gasteiger partial charge in [-0.1, -0.05) is 57.4 Å². The predicted molar refractivity (Wildman–Crippen MR) is 140 cm³/mol. The Morgan fingerprint density at radius 2 is 1.94 bits per heavy atom. The van der Waals surface area contributed by atoms with Crippen molar-refractivity contribution in [2.24, 2.45) is 5.10 Å². The van der Waals surface area contributed by atoms with Gasteiger partial charge >= 0.3 is 0 Å². The van der Waals surface area contributed by atoms with Gasteiger partial charge in [-0.05, 0) is 62.2 Å². The van der Waals surface area contributed by atoms with Crippen LogP contribution in [0.1, 0.15) is 29.4 Å². The molecule has 34 heavy (non-hydrogen) atoms. The van der Waals surface area contributed by atoms with E-state index in [4.69, 9.17) is 21.1 Å². The van der Waals surface area contributed by atoms with Crippen LogP contribution in [-0.4, -0.2) is 22.5 Å². The summed E-state index contributed by atoms with van der Waals surface area (Å²) in [5.74, 6) is 1.45. The number of fused-ring (bicyclic) bond motifs is 1. The minimum atomic E-state index is -0.255. The topological polar surface area (TPSA) is 65.7 Å². The average Bonchev–Trinajstić information content (AvgIpc) is 2.79. The number of rotatable bonds is 7. The molecule has 3 aromatic carbocycles. The summed E-state index contributed by atoms with van der Waals surface area (Å²) in [6, 6.07) is 17.0. The largest absolute Gasteiger partial charge is 0.490 e. The van der Waals surface area contributed by atoms with E-state index >= 15 is 0 Å². The van der Waals surface area contributed by atoms with Gasteiger partial charge in [-0.25, -0.2) is 4.98 Å². The highest BCUT2D eigenvalue weighted by molar-refractivity contribution is 9.10. The van der Waals surface area contributed by atoms with Gasteiger partial charge in [-0.15, -0.1) is 0 Å². The molecule has 0 aliphatic rings. The first-order chi connectivity index (χ1) is 16.4. The maximum Gasteiger partial charge on any atom is 0.282 e. The number of aromatic nitrogens is 2. The van der Waals surface area contributed by atoms with E-state index in [0.29, 0.717) is 52.0 Å². The van der Waals surface area contributed by atoms with Crippen LogP contribution in [0.15, 0.2) is 69.0 Å². The quantitative estimate of drug-likeness (QED) is 0.258. The molecule has 0 spiro atoms. The van der Waals surface area contributed by atoms with Crippen LogP contribution in [0.3, 0.4) is 0 Å². The Bertz CT molecular complexity index is 1450. The molecule has 0 N–H and O–H groups in total. The van der Waals surface area contributed by atoms with Crippen molar-refractivity contribution in [1.29, 1.82) is 0 Å². The Morgan fingerprint density at radius 3 is 2.71 bits per heavy atom. The SMILES string of the molecule is CCOc1cc(C=Nn2c(C)nc3ccc(Br)cc3c2=O)cc(Cl)c1OCc1cccc(C)c1. The van der Waals surface area contributed by atoms with Crippen LogP contribution in [0.2, 0.25) is 5.02 Å². The van der Waals surface area contributed by atoms with Crippen LogP contribution in [0.4, 0.5) is 0 Å². The molecule has 6 nitrogen and oxygen atoms in total. The van der Waals surface area contributed by atoms with Gasteiger partial charge in [-0.3, -0.25) is 4.79 Å². The molecule has 174 valence electrons. The maximum atomic E-state index is 13.0. The molecule has 0 amide bonds. The smallest absolute Gasteiger partial charge is 0.282 e. The highest BCUT2D eigenvalue weighted by Gasteiger charge is 2.13. The summed E-state index contributed by atoms with van der Waals surface area (Å²) in [5, 5.41) is 5.25. The van der Waals surface area contributed by atoms with Crippen molar-refractivity contribution < 1.29 is 9.47 Å². The van der Waals surface area contributed by atoms with Gasteiger partial charge in [0.05, 0.1) is 28.7 Å². The van der Waals surface area contributed by atoms with E-state index in [-0.39, 0.29) is 5.56 Å². The molecule has 0 aliphatic carbocycles. The van der Waals surface area contributed by atoms with Crippen LogP contribution >= 0.6 is 27.5 Å². The molecule has 0 fully saturated rings. The Kier molecular flexibility index (Phi) is 7.34. The first kappa shape index (κ1) is 24.0. The second-order valence-corrected chi connectivity index (χ2v) is 9.05. The fourth-order valence-electron chi connectivity index (χ4n) is 3.54. The third-order valence-corrected chi connectivity index (χ3v) is 5.86. The molecule has 0 saturated carbocycles. The fourth-order valence-corrected chi connectivity index (χ4v) is 4.18. The molecule has 4 rings (SSSR count). The van der Waals surface area contributed by atoms with Gasteiger partial charge in [-0.2, -0.15) is 9.78 Å². The molecule has 8 heteroatoms. The van der Waals surface area contributed by atoms with E-state index in [2.05, 4.69) is 32.1 Å². The Labute approximate surface area is 210 Å². The van der Waals surface area contributed by atoms with Crippen molar-refractivity contribution in [2.75, 3.05) is 6.61 Å². The van der Waals surface area contributed by atoms with Crippen LogP contribution in [0.5, 0.6) is 11.5 Å². The first-order valence-corrected chi connectivity index (χ1v) is 11.9. The third kappa shape index (κ3) is 5.32. The Balaban J connectivity index is 1.65. The summed E-state index contributed by atoms with van der Waals surface area (Å²) in [5.41, 5.74) is 3.22. The predicted octanol–water partition coefficient (Wildman–Crippen LogP) is 6.29. The zero-order valence-electron chi connectivity index (χ0n) is 19.0. The summed E-state index contributed by atoms with van der Waals surface area (Å²) in [6.45, 7) is 6.47. The summed E-state index contributed by atoms with van der Waals surface area (Å²) < 4.78 is 13.9. The maximum absolute atomic E-state index is 13.0. The molecular formula is C26H23BrClN3O3.